The third-order valence-corrected chi connectivity index (χ3v) is 6.20. The molecular weight excluding hydrogens is 448 g/mol. The first-order valence-electron chi connectivity index (χ1n) is 9.95. The van der Waals surface area contributed by atoms with Gasteiger partial charge in [0.2, 0.25) is 11.8 Å². The normalized spacial score (nSPS) is 21.5. The van der Waals surface area contributed by atoms with Crippen molar-refractivity contribution in [3.05, 3.63) is 64.1 Å². The quantitative estimate of drug-likeness (QED) is 0.281. The lowest BCUT2D eigenvalue weighted by Gasteiger charge is -2.19. The van der Waals surface area contributed by atoms with E-state index < -0.39 is 5.97 Å². The van der Waals surface area contributed by atoms with Crippen molar-refractivity contribution in [3.63, 3.8) is 0 Å². The number of rotatable bonds is 4. The number of hydrogen-bond acceptors (Lipinski definition) is 5. The molecule has 2 atom stereocenters. The zero-order valence-electron chi connectivity index (χ0n) is 16.5. The van der Waals surface area contributed by atoms with Gasteiger partial charge in [0, 0.05) is 4.47 Å². The Morgan fingerprint density at radius 3 is 2.23 bits per heavy atom. The number of benzene rings is 2. The van der Waals surface area contributed by atoms with Gasteiger partial charge in [0.1, 0.15) is 0 Å². The smallest absolute Gasteiger partial charge is 0.313 e. The summed E-state index contributed by atoms with van der Waals surface area (Å²) in [6, 6.07) is 13.9. The highest BCUT2D eigenvalue weighted by Crippen LogP contribution is 2.40. The number of oxime groups is 1. The van der Waals surface area contributed by atoms with Gasteiger partial charge in [-0.05, 0) is 55.7 Å². The van der Waals surface area contributed by atoms with Crippen LogP contribution in [0.3, 0.4) is 0 Å². The first-order valence-corrected chi connectivity index (χ1v) is 10.7. The Balaban J connectivity index is 1.46. The van der Waals surface area contributed by atoms with E-state index in [4.69, 9.17) is 4.84 Å². The average molecular weight is 469 g/mol. The van der Waals surface area contributed by atoms with E-state index >= 15 is 0 Å². The van der Waals surface area contributed by atoms with Crippen LogP contribution in [-0.2, 0) is 14.4 Å². The molecule has 1 heterocycles. The predicted molar refractivity (Wildman–Crippen MR) is 116 cm³/mol. The standard InChI is InChI=1S/C23H21BrN2O4/c1-14(25-30-23(29)16-5-4-6-17(24)13-16)15-9-11-18(12-10-15)26-21(27)19-7-2-3-8-20(19)22(26)28/h4-6,9-13,19-20H,2-3,7-8H2,1H3/b25-14-/t19-,20-/m0/s1. The van der Waals surface area contributed by atoms with Gasteiger partial charge in [-0.15, -0.1) is 0 Å². The molecule has 4 rings (SSSR count). The number of hydrogen-bond donors (Lipinski definition) is 0. The summed E-state index contributed by atoms with van der Waals surface area (Å²) in [5.74, 6) is -1.09. The molecule has 2 aromatic rings. The number of fused-ring (bicyclic) bond motifs is 1. The van der Waals surface area contributed by atoms with Crippen LogP contribution in [0.25, 0.3) is 0 Å². The van der Waals surface area contributed by atoms with E-state index in [1.165, 1.54) is 4.90 Å². The second-order valence-electron chi connectivity index (χ2n) is 7.62. The molecule has 0 N–H and O–H groups in total. The average Bonchev–Trinajstić information content (AvgIpc) is 3.02. The van der Waals surface area contributed by atoms with Crippen LogP contribution < -0.4 is 4.90 Å². The second kappa shape index (κ2) is 8.52. The van der Waals surface area contributed by atoms with Crippen LogP contribution in [0.15, 0.2) is 58.2 Å². The van der Waals surface area contributed by atoms with Crippen molar-refractivity contribution in [1.82, 2.24) is 0 Å². The molecule has 1 saturated carbocycles. The van der Waals surface area contributed by atoms with Crippen LogP contribution in [-0.4, -0.2) is 23.5 Å². The van der Waals surface area contributed by atoms with Gasteiger partial charge >= 0.3 is 5.97 Å². The van der Waals surface area contributed by atoms with Crippen molar-refractivity contribution >= 4 is 45.1 Å². The van der Waals surface area contributed by atoms with Gasteiger partial charge in [-0.3, -0.25) is 14.5 Å². The fourth-order valence-electron chi connectivity index (χ4n) is 4.10. The maximum Gasteiger partial charge on any atom is 0.365 e. The van der Waals surface area contributed by atoms with Crippen molar-refractivity contribution in [2.75, 3.05) is 4.90 Å². The molecule has 0 aromatic heterocycles. The van der Waals surface area contributed by atoms with Crippen molar-refractivity contribution in [1.29, 1.82) is 0 Å². The molecule has 1 saturated heterocycles. The van der Waals surface area contributed by atoms with E-state index in [9.17, 15) is 14.4 Å². The zero-order valence-corrected chi connectivity index (χ0v) is 18.1. The van der Waals surface area contributed by atoms with Gasteiger partial charge in [-0.2, -0.15) is 0 Å². The Morgan fingerprint density at radius 1 is 1.00 bits per heavy atom. The molecule has 0 radical (unpaired) electrons. The molecule has 30 heavy (non-hydrogen) atoms. The molecular formula is C23H21BrN2O4. The molecule has 0 bridgehead atoms. The Kier molecular flexibility index (Phi) is 5.81. The molecule has 2 aliphatic rings. The predicted octanol–water partition coefficient (Wildman–Crippen LogP) is 4.71. The van der Waals surface area contributed by atoms with Gasteiger partial charge < -0.3 is 4.84 Å². The summed E-state index contributed by atoms with van der Waals surface area (Å²) in [4.78, 5) is 43.9. The van der Waals surface area contributed by atoms with Crippen LogP contribution in [0.4, 0.5) is 5.69 Å². The van der Waals surface area contributed by atoms with Crippen LogP contribution >= 0.6 is 15.9 Å². The minimum absolute atomic E-state index is 0.0919. The van der Waals surface area contributed by atoms with Crippen molar-refractivity contribution < 1.29 is 19.2 Å². The third-order valence-electron chi connectivity index (χ3n) is 5.71. The maximum atomic E-state index is 12.7. The lowest BCUT2D eigenvalue weighted by Crippen LogP contribution is -2.30. The Morgan fingerprint density at radius 2 is 1.63 bits per heavy atom. The summed E-state index contributed by atoms with van der Waals surface area (Å²) in [7, 11) is 0. The largest absolute Gasteiger partial charge is 0.365 e. The highest BCUT2D eigenvalue weighted by molar-refractivity contribution is 9.10. The minimum atomic E-state index is -0.553. The zero-order chi connectivity index (χ0) is 21.3. The molecule has 154 valence electrons. The third kappa shape index (κ3) is 3.94. The lowest BCUT2D eigenvalue weighted by molar-refractivity contribution is -0.122. The summed E-state index contributed by atoms with van der Waals surface area (Å²) in [6.45, 7) is 1.73. The number of nitrogens with zero attached hydrogens (tertiary/aromatic N) is 2. The molecule has 2 fully saturated rings. The van der Waals surface area contributed by atoms with Gasteiger partial charge in [-0.1, -0.05) is 52.1 Å². The van der Waals surface area contributed by atoms with E-state index in [1.807, 2.05) is 6.07 Å². The van der Waals surface area contributed by atoms with E-state index in [-0.39, 0.29) is 23.7 Å². The molecule has 0 spiro atoms. The fraction of sp³-hybridized carbons (Fsp3) is 0.304. The summed E-state index contributed by atoms with van der Waals surface area (Å²) >= 11 is 3.31. The number of amides is 2. The molecule has 0 unspecified atom stereocenters. The highest BCUT2D eigenvalue weighted by Gasteiger charge is 2.48. The maximum absolute atomic E-state index is 12.7. The number of anilines is 1. The lowest BCUT2D eigenvalue weighted by atomic mass is 9.81. The van der Waals surface area contributed by atoms with Crippen LogP contribution in [0.1, 0.15) is 48.5 Å². The van der Waals surface area contributed by atoms with Gasteiger partial charge in [0.05, 0.1) is 28.8 Å². The van der Waals surface area contributed by atoms with Crippen molar-refractivity contribution in [2.24, 2.45) is 17.0 Å². The molecule has 2 aromatic carbocycles. The molecule has 2 amide bonds. The van der Waals surface area contributed by atoms with Gasteiger partial charge in [0.15, 0.2) is 0 Å². The topological polar surface area (TPSA) is 76.0 Å². The number of halogens is 1. The van der Waals surface area contributed by atoms with Crippen LogP contribution in [0, 0.1) is 11.8 Å². The van der Waals surface area contributed by atoms with Crippen molar-refractivity contribution in [3.8, 4) is 0 Å². The summed E-state index contributed by atoms with van der Waals surface area (Å²) in [5, 5.41) is 3.92. The van der Waals surface area contributed by atoms with E-state index in [0.717, 1.165) is 35.7 Å². The number of carbonyl (C=O) groups is 3. The van der Waals surface area contributed by atoms with Crippen LogP contribution in [0.2, 0.25) is 0 Å². The van der Waals surface area contributed by atoms with E-state index in [1.54, 1.807) is 49.4 Å². The highest BCUT2D eigenvalue weighted by atomic mass is 79.9. The van der Waals surface area contributed by atoms with Crippen LogP contribution in [0.5, 0.6) is 0 Å². The Labute approximate surface area is 183 Å². The fourth-order valence-corrected chi connectivity index (χ4v) is 4.50. The Bertz CT molecular complexity index is 1010. The molecule has 1 aliphatic heterocycles. The molecule has 1 aliphatic carbocycles. The van der Waals surface area contributed by atoms with Gasteiger partial charge in [-0.25, -0.2) is 4.79 Å². The second-order valence-corrected chi connectivity index (χ2v) is 8.54. The van der Waals surface area contributed by atoms with Crippen molar-refractivity contribution in [2.45, 2.75) is 32.6 Å². The SMILES string of the molecule is C/C(=N/OC(=O)c1cccc(Br)c1)c1ccc(N2C(=O)[C@H]3CCCC[C@@H]3C2=O)cc1. The van der Waals surface area contributed by atoms with E-state index in [2.05, 4.69) is 21.1 Å². The summed E-state index contributed by atoms with van der Waals surface area (Å²) < 4.78 is 0.777. The molecule has 7 heteroatoms. The minimum Gasteiger partial charge on any atom is -0.313 e. The number of carbonyl (C=O) groups excluding carboxylic acids is 3. The summed E-state index contributed by atoms with van der Waals surface area (Å²) in [6.07, 6.45) is 3.58. The Hall–Kier alpha value is -2.80. The monoisotopic (exact) mass is 468 g/mol. The number of imide groups is 1. The van der Waals surface area contributed by atoms with Gasteiger partial charge in [0.25, 0.3) is 0 Å². The first kappa shape index (κ1) is 20.5. The molecule has 6 nitrogen and oxygen atoms in total. The summed E-state index contributed by atoms with van der Waals surface area (Å²) in [5.41, 5.74) is 2.21. The first-order chi connectivity index (χ1) is 14.5. The van der Waals surface area contributed by atoms with E-state index in [0.29, 0.717) is 17.0 Å².